The quantitative estimate of drug-likeness (QED) is 0.799. The molecule has 0 aliphatic heterocycles. The lowest BCUT2D eigenvalue weighted by atomic mass is 10.2. The third kappa shape index (κ3) is 4.75. The van der Waals surface area contributed by atoms with E-state index >= 15 is 0 Å². The second kappa shape index (κ2) is 7.83. The number of hydrogen-bond donors (Lipinski definition) is 2. The maximum absolute atomic E-state index is 11.8. The van der Waals surface area contributed by atoms with E-state index in [4.69, 9.17) is 5.26 Å². The van der Waals surface area contributed by atoms with E-state index in [1.807, 2.05) is 30.3 Å². The van der Waals surface area contributed by atoms with Crippen LogP contribution in [0.2, 0.25) is 0 Å². The van der Waals surface area contributed by atoms with Crippen molar-refractivity contribution in [3.05, 3.63) is 65.7 Å². The second-order valence-corrected chi connectivity index (χ2v) is 4.62. The number of rotatable bonds is 6. The molecule has 21 heavy (non-hydrogen) atoms. The molecule has 0 radical (unpaired) electrons. The summed E-state index contributed by atoms with van der Waals surface area (Å²) < 4.78 is 0. The van der Waals surface area contributed by atoms with Gasteiger partial charge in [-0.15, -0.1) is 0 Å². The Kier molecular flexibility index (Phi) is 5.50. The van der Waals surface area contributed by atoms with Gasteiger partial charge in [0.25, 0.3) is 0 Å². The molecule has 4 heteroatoms. The molecule has 2 rings (SSSR count). The van der Waals surface area contributed by atoms with Gasteiger partial charge in [0.2, 0.25) is 5.91 Å². The fourth-order valence-corrected chi connectivity index (χ4v) is 1.93. The zero-order valence-corrected chi connectivity index (χ0v) is 11.7. The summed E-state index contributed by atoms with van der Waals surface area (Å²) in [4.78, 5) is 11.8. The molecule has 0 saturated heterocycles. The number of hydrogen-bond acceptors (Lipinski definition) is 3. The largest absolute Gasteiger partial charge is 0.325 e. The van der Waals surface area contributed by atoms with Crippen LogP contribution in [0, 0.1) is 11.3 Å². The molecular weight excluding hydrogens is 262 g/mol. The van der Waals surface area contributed by atoms with E-state index in [0.29, 0.717) is 24.2 Å². The molecule has 0 bridgehead atoms. The van der Waals surface area contributed by atoms with E-state index < -0.39 is 0 Å². The summed E-state index contributed by atoms with van der Waals surface area (Å²) in [6, 6.07) is 19.1. The Balaban J connectivity index is 1.74. The number of para-hydroxylation sites is 1. The first-order chi connectivity index (χ1) is 10.3. The highest BCUT2D eigenvalue weighted by atomic mass is 16.1. The van der Waals surface area contributed by atoms with E-state index in [2.05, 4.69) is 16.7 Å². The van der Waals surface area contributed by atoms with Crippen LogP contribution in [0.1, 0.15) is 17.5 Å². The molecule has 2 aromatic carbocycles. The Bertz CT molecular complexity index is 632. The van der Waals surface area contributed by atoms with Crippen LogP contribution < -0.4 is 10.6 Å². The van der Waals surface area contributed by atoms with Crippen molar-refractivity contribution in [2.45, 2.75) is 13.0 Å². The summed E-state index contributed by atoms with van der Waals surface area (Å²) in [6.45, 7) is 1.33. The molecule has 0 aliphatic carbocycles. The molecule has 2 aromatic rings. The first kappa shape index (κ1) is 14.8. The molecule has 0 spiro atoms. The van der Waals surface area contributed by atoms with E-state index in [9.17, 15) is 4.79 Å². The summed E-state index contributed by atoms with van der Waals surface area (Å²) >= 11 is 0. The predicted octanol–water partition coefficient (Wildman–Crippen LogP) is 2.68. The number of carbonyl (C=O) groups excluding carboxylic acids is 1. The fraction of sp³-hybridized carbons (Fsp3) is 0.176. The highest BCUT2D eigenvalue weighted by Crippen LogP contribution is 2.13. The maximum Gasteiger partial charge on any atom is 0.225 e. The normalized spacial score (nSPS) is 9.86. The van der Waals surface area contributed by atoms with Crippen molar-refractivity contribution in [3.63, 3.8) is 0 Å². The van der Waals surface area contributed by atoms with Crippen molar-refractivity contribution in [1.29, 1.82) is 5.26 Å². The Morgan fingerprint density at radius 3 is 2.52 bits per heavy atom. The number of carbonyl (C=O) groups is 1. The zero-order valence-electron chi connectivity index (χ0n) is 11.7. The smallest absolute Gasteiger partial charge is 0.225 e. The Morgan fingerprint density at radius 1 is 1.05 bits per heavy atom. The van der Waals surface area contributed by atoms with Crippen molar-refractivity contribution in [1.82, 2.24) is 5.32 Å². The standard InChI is InChI=1S/C17H17N3O/c18-12-15-8-4-5-9-16(15)20-17(21)10-11-19-13-14-6-2-1-3-7-14/h1-9,19H,10-11,13H2,(H,20,21). The predicted molar refractivity (Wildman–Crippen MR) is 82.6 cm³/mol. The number of benzene rings is 2. The van der Waals surface area contributed by atoms with Gasteiger partial charge < -0.3 is 10.6 Å². The molecule has 0 atom stereocenters. The van der Waals surface area contributed by atoms with Gasteiger partial charge in [-0.3, -0.25) is 4.79 Å². The van der Waals surface area contributed by atoms with Crippen molar-refractivity contribution >= 4 is 11.6 Å². The number of nitrogens with zero attached hydrogens (tertiary/aromatic N) is 1. The molecule has 0 aromatic heterocycles. The van der Waals surface area contributed by atoms with Crippen LogP contribution >= 0.6 is 0 Å². The fourth-order valence-electron chi connectivity index (χ4n) is 1.93. The molecule has 0 heterocycles. The Labute approximate surface area is 124 Å². The van der Waals surface area contributed by atoms with Crippen molar-refractivity contribution in [2.75, 3.05) is 11.9 Å². The van der Waals surface area contributed by atoms with E-state index in [-0.39, 0.29) is 5.91 Å². The molecule has 4 nitrogen and oxygen atoms in total. The molecule has 2 N–H and O–H groups in total. The topological polar surface area (TPSA) is 64.9 Å². The van der Waals surface area contributed by atoms with Gasteiger partial charge in [0.1, 0.15) is 6.07 Å². The van der Waals surface area contributed by atoms with Gasteiger partial charge in [-0.2, -0.15) is 5.26 Å². The Morgan fingerprint density at radius 2 is 1.76 bits per heavy atom. The molecule has 106 valence electrons. The van der Waals surface area contributed by atoms with Crippen LogP contribution in [0.3, 0.4) is 0 Å². The zero-order chi connectivity index (χ0) is 14.9. The molecule has 0 unspecified atom stereocenters. The van der Waals surface area contributed by atoms with Crippen LogP contribution in [-0.2, 0) is 11.3 Å². The molecule has 0 fully saturated rings. The van der Waals surface area contributed by atoms with Crippen molar-refractivity contribution in [3.8, 4) is 6.07 Å². The summed E-state index contributed by atoms with van der Waals surface area (Å²) in [7, 11) is 0. The third-order valence-corrected chi connectivity index (χ3v) is 3.02. The third-order valence-electron chi connectivity index (χ3n) is 3.02. The van der Waals surface area contributed by atoms with Crippen LogP contribution in [0.4, 0.5) is 5.69 Å². The average Bonchev–Trinajstić information content (AvgIpc) is 2.53. The summed E-state index contributed by atoms with van der Waals surface area (Å²) in [5.74, 6) is -0.0988. The van der Waals surface area contributed by atoms with Gasteiger partial charge in [-0.25, -0.2) is 0 Å². The van der Waals surface area contributed by atoms with Gasteiger partial charge in [0, 0.05) is 19.5 Å². The van der Waals surface area contributed by atoms with E-state index in [1.165, 1.54) is 5.56 Å². The van der Waals surface area contributed by atoms with Crippen LogP contribution in [-0.4, -0.2) is 12.5 Å². The lowest BCUT2D eigenvalue weighted by Gasteiger charge is -2.07. The highest BCUT2D eigenvalue weighted by Gasteiger charge is 2.05. The molecule has 0 aliphatic rings. The Hall–Kier alpha value is -2.64. The summed E-state index contributed by atoms with van der Waals surface area (Å²) in [6.07, 6.45) is 0.368. The lowest BCUT2D eigenvalue weighted by Crippen LogP contribution is -2.21. The number of nitrogens with one attached hydrogen (secondary N) is 2. The van der Waals surface area contributed by atoms with E-state index in [0.717, 1.165) is 6.54 Å². The van der Waals surface area contributed by atoms with Gasteiger partial charge >= 0.3 is 0 Å². The van der Waals surface area contributed by atoms with Crippen LogP contribution in [0.15, 0.2) is 54.6 Å². The van der Waals surface area contributed by atoms with Gasteiger partial charge in [-0.05, 0) is 17.7 Å². The average molecular weight is 279 g/mol. The maximum atomic E-state index is 11.8. The first-order valence-electron chi connectivity index (χ1n) is 6.83. The van der Waals surface area contributed by atoms with Crippen LogP contribution in [0.25, 0.3) is 0 Å². The minimum atomic E-state index is -0.0988. The molecular formula is C17H17N3O. The van der Waals surface area contributed by atoms with E-state index in [1.54, 1.807) is 24.3 Å². The monoisotopic (exact) mass is 279 g/mol. The van der Waals surface area contributed by atoms with Gasteiger partial charge in [0.15, 0.2) is 0 Å². The number of anilines is 1. The van der Waals surface area contributed by atoms with Gasteiger partial charge in [-0.1, -0.05) is 42.5 Å². The van der Waals surface area contributed by atoms with Crippen LogP contribution in [0.5, 0.6) is 0 Å². The SMILES string of the molecule is N#Cc1ccccc1NC(=O)CCNCc1ccccc1. The number of nitriles is 1. The van der Waals surface area contributed by atoms with Gasteiger partial charge in [0.05, 0.1) is 11.3 Å². The highest BCUT2D eigenvalue weighted by molar-refractivity contribution is 5.92. The summed E-state index contributed by atoms with van der Waals surface area (Å²) in [5, 5.41) is 14.9. The molecule has 0 saturated carbocycles. The minimum absolute atomic E-state index is 0.0988. The lowest BCUT2D eigenvalue weighted by molar-refractivity contribution is -0.116. The summed E-state index contributed by atoms with van der Waals surface area (Å²) in [5.41, 5.74) is 2.23. The molecule has 1 amide bonds. The van der Waals surface area contributed by atoms with Crippen molar-refractivity contribution in [2.24, 2.45) is 0 Å². The number of amides is 1. The van der Waals surface area contributed by atoms with Crippen molar-refractivity contribution < 1.29 is 4.79 Å². The second-order valence-electron chi connectivity index (χ2n) is 4.62. The first-order valence-corrected chi connectivity index (χ1v) is 6.83. The minimum Gasteiger partial charge on any atom is -0.325 e.